The molecule has 9 nitrogen and oxygen atoms in total. The number of hydrogen-bond acceptors (Lipinski definition) is 7. The van der Waals surface area contributed by atoms with Crippen LogP contribution in [-0.2, 0) is 33.3 Å². The second-order valence-corrected chi connectivity index (χ2v) is 17.4. The zero-order valence-corrected chi connectivity index (χ0v) is 39.8. The average molecular weight is 859 g/mol. The highest BCUT2D eigenvalue weighted by Crippen LogP contribution is 2.15. The predicted octanol–water partition coefficient (Wildman–Crippen LogP) is 13.3. The average Bonchev–Trinajstić information content (AvgIpc) is 3.22. The lowest BCUT2D eigenvalue weighted by Gasteiger charge is -2.25. The number of carboxylic acid groups (broad SMARTS) is 1. The van der Waals surface area contributed by atoms with E-state index in [1.165, 1.54) is 89.9 Å². The Morgan fingerprint density at radius 2 is 0.934 bits per heavy atom. The third-order valence-electron chi connectivity index (χ3n) is 10.3. The van der Waals surface area contributed by atoms with E-state index in [-0.39, 0.29) is 32.2 Å². The molecule has 0 aliphatic carbocycles. The first kappa shape index (κ1) is 58.0. The van der Waals surface area contributed by atoms with Crippen LogP contribution < -0.4 is 0 Å². The molecule has 9 heteroatoms. The van der Waals surface area contributed by atoms with E-state index >= 15 is 0 Å². The molecule has 0 amide bonds. The molecule has 2 unspecified atom stereocenters. The Balaban J connectivity index is 4.22. The van der Waals surface area contributed by atoms with Crippen LogP contribution in [0.3, 0.4) is 0 Å². The van der Waals surface area contributed by atoms with Crippen molar-refractivity contribution in [3.8, 4) is 0 Å². The van der Waals surface area contributed by atoms with Gasteiger partial charge in [0.15, 0.2) is 6.10 Å². The minimum Gasteiger partial charge on any atom is -0.477 e. The summed E-state index contributed by atoms with van der Waals surface area (Å²) in [6.45, 7) is 4.73. The van der Waals surface area contributed by atoms with Crippen LogP contribution in [0.4, 0.5) is 0 Å². The van der Waals surface area contributed by atoms with Gasteiger partial charge in [0, 0.05) is 12.8 Å². The number of likely N-dealkylation sites (N-methyl/N-ethyl adjacent to an activating group) is 1. The number of carboxylic acids is 1. The number of aliphatic carboxylic acids is 1. The van der Waals surface area contributed by atoms with Crippen molar-refractivity contribution in [3.05, 3.63) is 60.8 Å². The fraction of sp³-hybridized carbons (Fsp3) is 0.750. The molecule has 0 rings (SSSR count). The van der Waals surface area contributed by atoms with E-state index in [1.54, 1.807) is 0 Å². The topological polar surface area (TPSA) is 108 Å². The van der Waals surface area contributed by atoms with Crippen LogP contribution in [0.25, 0.3) is 0 Å². The molecular formula is C52H92NO8+. The zero-order valence-electron chi connectivity index (χ0n) is 39.8. The van der Waals surface area contributed by atoms with Gasteiger partial charge in [0.2, 0.25) is 0 Å². The minimum absolute atomic E-state index is 0.183. The van der Waals surface area contributed by atoms with E-state index in [1.807, 2.05) is 21.1 Å². The van der Waals surface area contributed by atoms with Crippen LogP contribution in [0.2, 0.25) is 0 Å². The molecule has 0 spiro atoms. The monoisotopic (exact) mass is 859 g/mol. The van der Waals surface area contributed by atoms with Gasteiger partial charge in [-0.1, -0.05) is 184 Å². The maximum absolute atomic E-state index is 12.8. The van der Waals surface area contributed by atoms with Crippen molar-refractivity contribution in [2.45, 2.75) is 206 Å². The molecule has 0 aliphatic rings. The largest absolute Gasteiger partial charge is 0.477 e. The summed E-state index contributed by atoms with van der Waals surface area (Å²) < 4.78 is 22.7. The smallest absolute Gasteiger partial charge is 0.361 e. The number of hydrogen-bond donors (Lipinski definition) is 1. The third kappa shape index (κ3) is 44.8. The summed E-state index contributed by atoms with van der Waals surface area (Å²) in [5, 5.41) is 9.63. The maximum Gasteiger partial charge on any atom is 0.361 e. The lowest BCUT2D eigenvalue weighted by Crippen LogP contribution is -2.40. The van der Waals surface area contributed by atoms with Gasteiger partial charge in [0.1, 0.15) is 13.2 Å². The Labute approximate surface area is 374 Å². The lowest BCUT2D eigenvalue weighted by molar-refractivity contribution is -0.870. The Morgan fingerprint density at radius 3 is 1.39 bits per heavy atom. The number of quaternary nitrogens is 1. The SMILES string of the molecule is CC/C=C\C/C=C\C/C=C\C/C=C\C/C=C\CCCCCCCCCCCCCC(=O)OC(COC(=O)CCCCCCCCCCC)COC(OCC[N+](C)(C)C)C(=O)O. The summed E-state index contributed by atoms with van der Waals surface area (Å²) in [5.74, 6) is -2.01. The third-order valence-corrected chi connectivity index (χ3v) is 10.3. The Bertz CT molecular complexity index is 1180. The number of rotatable bonds is 44. The second kappa shape index (κ2) is 43.6. The summed E-state index contributed by atoms with van der Waals surface area (Å²) in [5.41, 5.74) is 0. The number of esters is 2. The molecule has 0 fully saturated rings. The highest BCUT2D eigenvalue weighted by Gasteiger charge is 2.25. The number of allylic oxidation sites excluding steroid dienone is 10. The minimum atomic E-state index is -1.51. The van der Waals surface area contributed by atoms with Gasteiger partial charge in [-0.25, -0.2) is 4.79 Å². The van der Waals surface area contributed by atoms with Crippen LogP contribution in [0.5, 0.6) is 0 Å². The zero-order chi connectivity index (χ0) is 44.9. The van der Waals surface area contributed by atoms with E-state index < -0.39 is 24.3 Å². The normalized spacial score (nSPS) is 13.4. The number of nitrogens with zero attached hydrogens (tertiary/aromatic N) is 1. The molecule has 0 aliphatic heterocycles. The standard InChI is InChI=1S/C52H91NO8/c1-6-8-10-12-14-16-17-18-19-20-21-22-23-24-25-26-27-28-29-30-31-32-33-35-37-39-41-43-50(55)61-48(47-60-52(51(56)57)58-45-44-53(3,4)5)46-59-49(54)42-40-38-36-34-15-13-11-9-7-2/h8,10,14,16,18-19,21-22,24-25,48,52H,6-7,9,11-13,15,17,20,23,26-47H2,1-5H3/p+1/b10-8-,16-14-,19-18-,22-21-,25-24-. The number of unbranched alkanes of at least 4 members (excludes halogenated alkanes) is 19. The van der Waals surface area contributed by atoms with E-state index in [0.29, 0.717) is 23.9 Å². The van der Waals surface area contributed by atoms with Crippen LogP contribution in [0.1, 0.15) is 194 Å². The molecule has 0 saturated carbocycles. The first-order valence-corrected chi connectivity index (χ1v) is 24.5. The molecule has 0 bridgehead atoms. The fourth-order valence-electron chi connectivity index (χ4n) is 6.51. The predicted molar refractivity (Wildman–Crippen MR) is 253 cm³/mol. The van der Waals surface area contributed by atoms with Gasteiger partial charge >= 0.3 is 17.9 Å². The van der Waals surface area contributed by atoms with Crippen molar-refractivity contribution < 1.29 is 42.9 Å². The number of carbonyl (C=O) groups is 3. The molecule has 2 atom stereocenters. The summed E-state index contributed by atoms with van der Waals surface area (Å²) in [4.78, 5) is 37.1. The van der Waals surface area contributed by atoms with Crippen LogP contribution in [0, 0.1) is 0 Å². The maximum atomic E-state index is 12.8. The van der Waals surface area contributed by atoms with Crippen LogP contribution in [-0.4, -0.2) is 87.4 Å². The summed E-state index contributed by atoms with van der Waals surface area (Å²) in [6.07, 6.45) is 50.1. The molecule has 1 N–H and O–H groups in total. The number of carbonyl (C=O) groups excluding carboxylic acids is 2. The molecule has 0 radical (unpaired) electrons. The van der Waals surface area contributed by atoms with Gasteiger partial charge in [-0.15, -0.1) is 0 Å². The van der Waals surface area contributed by atoms with Gasteiger partial charge in [-0.05, 0) is 57.8 Å². The van der Waals surface area contributed by atoms with Crippen molar-refractivity contribution in [2.75, 3.05) is 47.5 Å². The highest BCUT2D eigenvalue weighted by atomic mass is 16.7. The van der Waals surface area contributed by atoms with Gasteiger partial charge in [-0.2, -0.15) is 0 Å². The summed E-state index contributed by atoms with van der Waals surface area (Å²) in [7, 11) is 5.95. The van der Waals surface area contributed by atoms with Gasteiger partial charge in [0.05, 0.1) is 34.4 Å². The highest BCUT2D eigenvalue weighted by molar-refractivity contribution is 5.71. The van der Waals surface area contributed by atoms with Crippen molar-refractivity contribution in [3.63, 3.8) is 0 Å². The van der Waals surface area contributed by atoms with Crippen molar-refractivity contribution in [2.24, 2.45) is 0 Å². The molecule has 352 valence electrons. The molecule has 0 heterocycles. The first-order valence-electron chi connectivity index (χ1n) is 24.5. The summed E-state index contributed by atoms with van der Waals surface area (Å²) >= 11 is 0. The van der Waals surface area contributed by atoms with E-state index in [2.05, 4.69) is 74.6 Å². The fourth-order valence-corrected chi connectivity index (χ4v) is 6.51. The van der Waals surface area contributed by atoms with Crippen LogP contribution in [0.15, 0.2) is 60.8 Å². The van der Waals surface area contributed by atoms with Gasteiger partial charge in [0.25, 0.3) is 6.29 Å². The van der Waals surface area contributed by atoms with E-state index in [9.17, 15) is 19.5 Å². The molecule has 0 aromatic carbocycles. The van der Waals surface area contributed by atoms with Crippen molar-refractivity contribution in [1.29, 1.82) is 0 Å². The molecular weight excluding hydrogens is 767 g/mol. The molecule has 61 heavy (non-hydrogen) atoms. The van der Waals surface area contributed by atoms with Gasteiger partial charge in [-0.3, -0.25) is 9.59 Å². The first-order chi connectivity index (χ1) is 29.6. The lowest BCUT2D eigenvalue weighted by atomic mass is 10.0. The van der Waals surface area contributed by atoms with Crippen molar-refractivity contribution >= 4 is 17.9 Å². The second-order valence-electron chi connectivity index (χ2n) is 17.4. The molecule has 0 aromatic rings. The van der Waals surface area contributed by atoms with Crippen molar-refractivity contribution in [1.82, 2.24) is 0 Å². The molecule has 0 aromatic heterocycles. The Morgan fingerprint density at radius 1 is 0.508 bits per heavy atom. The van der Waals surface area contributed by atoms with E-state index in [4.69, 9.17) is 18.9 Å². The van der Waals surface area contributed by atoms with Crippen LogP contribution >= 0.6 is 0 Å². The summed E-state index contributed by atoms with van der Waals surface area (Å²) in [6, 6.07) is 0. The molecule has 0 saturated heterocycles. The van der Waals surface area contributed by atoms with E-state index in [0.717, 1.165) is 70.6 Å². The number of ether oxygens (including phenoxy) is 4. The Hall–Kier alpha value is -3.01. The quantitative estimate of drug-likeness (QED) is 0.0212. The van der Waals surface area contributed by atoms with Gasteiger partial charge < -0.3 is 28.5 Å². The Kier molecular flexibility index (Phi) is 41.5.